The largest absolute Gasteiger partial charge is 0.481 e. The molecule has 0 aliphatic carbocycles. The van der Waals surface area contributed by atoms with Gasteiger partial charge in [-0.2, -0.15) is 0 Å². The Hall–Kier alpha value is -2.36. The minimum atomic E-state index is -0.700. The average molecular weight is 613 g/mol. The molecule has 0 heterocycles. The second kappa shape index (κ2) is 35.1. The van der Waals surface area contributed by atoms with Crippen LogP contribution < -0.4 is 0 Å². The van der Waals surface area contributed by atoms with E-state index in [0.717, 1.165) is 103 Å². The van der Waals surface area contributed by atoms with Gasteiger partial charge in [-0.25, -0.2) is 0 Å². The molecule has 0 spiro atoms. The number of unbranched alkanes of at least 4 members (excludes halogenated alkanes) is 13. The van der Waals surface area contributed by atoms with E-state index in [1.807, 2.05) is 0 Å². The summed E-state index contributed by atoms with van der Waals surface area (Å²) in [4.78, 5) is 23.2. The van der Waals surface area contributed by atoms with Crippen LogP contribution in [0.1, 0.15) is 174 Å². The predicted octanol–water partition coefficient (Wildman–Crippen LogP) is 12.6. The van der Waals surface area contributed by atoms with Gasteiger partial charge in [0.1, 0.15) is 6.10 Å². The lowest BCUT2D eigenvalue weighted by molar-refractivity contribution is -0.150. The van der Waals surface area contributed by atoms with Crippen LogP contribution in [-0.2, 0) is 14.3 Å². The Morgan fingerprint density at radius 1 is 0.523 bits per heavy atom. The molecule has 1 N–H and O–H groups in total. The van der Waals surface area contributed by atoms with E-state index in [4.69, 9.17) is 9.84 Å². The number of aliphatic carboxylic acids is 1. The standard InChI is InChI=1S/C40H68O4/c1-3-5-7-9-11-13-14-15-16-17-18-19-20-21-23-29-33-37-40(43)44-38(34-30-26-22-12-10-8-6-4-2)35-31-27-24-25-28-32-36-39(41)42/h5,7,11,13,15-16,18-19,21,23,38H,3-4,6,8-10,12,14,17,20,22,24-37H2,1-2H3,(H,41,42)/b7-5-,13-11-,16-15-,19-18-,23-21-. The van der Waals surface area contributed by atoms with Crippen molar-refractivity contribution in [2.75, 3.05) is 0 Å². The third-order valence-corrected chi connectivity index (χ3v) is 7.75. The molecule has 0 bridgehead atoms. The molecule has 252 valence electrons. The zero-order chi connectivity index (χ0) is 32.2. The minimum absolute atomic E-state index is 0.0447. The van der Waals surface area contributed by atoms with Gasteiger partial charge in [-0.05, 0) is 77.0 Å². The maximum atomic E-state index is 12.6. The van der Waals surface area contributed by atoms with Gasteiger partial charge < -0.3 is 9.84 Å². The fourth-order valence-electron chi connectivity index (χ4n) is 5.10. The van der Waals surface area contributed by atoms with E-state index in [2.05, 4.69) is 74.6 Å². The number of ether oxygens (including phenoxy) is 1. The third-order valence-electron chi connectivity index (χ3n) is 7.75. The van der Waals surface area contributed by atoms with Crippen molar-refractivity contribution in [3.63, 3.8) is 0 Å². The Morgan fingerprint density at radius 3 is 1.43 bits per heavy atom. The Balaban J connectivity index is 4.15. The molecule has 0 aromatic rings. The fraction of sp³-hybridized carbons (Fsp3) is 0.700. The molecule has 0 rings (SSSR count). The first-order valence-corrected chi connectivity index (χ1v) is 18.3. The molecule has 1 atom stereocenters. The highest BCUT2D eigenvalue weighted by molar-refractivity contribution is 5.69. The molecule has 1 unspecified atom stereocenters. The van der Waals surface area contributed by atoms with E-state index in [9.17, 15) is 9.59 Å². The first kappa shape index (κ1) is 41.6. The first-order valence-electron chi connectivity index (χ1n) is 18.3. The van der Waals surface area contributed by atoms with Gasteiger partial charge in [-0.3, -0.25) is 9.59 Å². The number of hydrogen-bond donors (Lipinski definition) is 1. The summed E-state index contributed by atoms with van der Waals surface area (Å²) < 4.78 is 5.96. The van der Waals surface area contributed by atoms with Gasteiger partial charge in [0.2, 0.25) is 0 Å². The van der Waals surface area contributed by atoms with Crippen LogP contribution in [0.2, 0.25) is 0 Å². The molecule has 0 aromatic carbocycles. The molecule has 0 aliphatic heterocycles. The summed E-state index contributed by atoms with van der Waals surface area (Å²) >= 11 is 0. The highest BCUT2D eigenvalue weighted by atomic mass is 16.5. The number of carbonyl (C=O) groups excluding carboxylic acids is 1. The Kier molecular flexibility index (Phi) is 33.2. The third kappa shape index (κ3) is 34.1. The van der Waals surface area contributed by atoms with Gasteiger partial charge in [0.05, 0.1) is 0 Å². The van der Waals surface area contributed by atoms with Gasteiger partial charge in [-0.15, -0.1) is 0 Å². The lowest BCUT2D eigenvalue weighted by atomic mass is 10.0. The summed E-state index contributed by atoms with van der Waals surface area (Å²) in [6.07, 6.45) is 48.0. The van der Waals surface area contributed by atoms with E-state index in [-0.39, 0.29) is 18.5 Å². The van der Waals surface area contributed by atoms with Gasteiger partial charge >= 0.3 is 11.9 Å². The van der Waals surface area contributed by atoms with Gasteiger partial charge in [0, 0.05) is 12.8 Å². The normalized spacial score (nSPS) is 13.0. The van der Waals surface area contributed by atoms with Crippen molar-refractivity contribution in [2.24, 2.45) is 0 Å². The molecule has 0 saturated carbocycles. The molecule has 4 heteroatoms. The van der Waals surface area contributed by atoms with Crippen LogP contribution in [0.5, 0.6) is 0 Å². The highest BCUT2D eigenvalue weighted by Crippen LogP contribution is 2.18. The van der Waals surface area contributed by atoms with Crippen molar-refractivity contribution in [1.29, 1.82) is 0 Å². The van der Waals surface area contributed by atoms with E-state index in [1.54, 1.807) is 0 Å². The number of carbonyl (C=O) groups is 2. The second-order valence-electron chi connectivity index (χ2n) is 12.0. The zero-order valence-corrected chi connectivity index (χ0v) is 28.7. The SMILES string of the molecule is CC/C=C\C/C=C\C/C=C\C/C=C\C/C=C\CCCC(=O)OC(CCCCCCCCCC)CCCCCCCCC(=O)O. The maximum absolute atomic E-state index is 12.6. The number of rotatable bonds is 32. The monoisotopic (exact) mass is 613 g/mol. The Morgan fingerprint density at radius 2 is 0.955 bits per heavy atom. The van der Waals surface area contributed by atoms with Crippen molar-refractivity contribution in [2.45, 2.75) is 180 Å². The highest BCUT2D eigenvalue weighted by Gasteiger charge is 2.14. The quantitative estimate of drug-likeness (QED) is 0.0466. The topological polar surface area (TPSA) is 63.6 Å². The molecule has 4 nitrogen and oxygen atoms in total. The van der Waals surface area contributed by atoms with Gasteiger partial charge in [0.15, 0.2) is 0 Å². The number of carboxylic acid groups (broad SMARTS) is 1. The molecular formula is C40H68O4. The average Bonchev–Trinajstić information content (AvgIpc) is 3.01. The zero-order valence-electron chi connectivity index (χ0n) is 28.7. The van der Waals surface area contributed by atoms with Crippen LogP contribution >= 0.6 is 0 Å². The molecule has 0 aliphatic rings. The van der Waals surface area contributed by atoms with Crippen LogP contribution in [0, 0.1) is 0 Å². The minimum Gasteiger partial charge on any atom is -0.481 e. The van der Waals surface area contributed by atoms with Crippen molar-refractivity contribution < 1.29 is 19.4 Å². The molecular weight excluding hydrogens is 544 g/mol. The lowest BCUT2D eigenvalue weighted by Gasteiger charge is -2.18. The van der Waals surface area contributed by atoms with E-state index in [0.29, 0.717) is 6.42 Å². The molecule has 0 saturated heterocycles. The fourth-order valence-corrected chi connectivity index (χ4v) is 5.10. The van der Waals surface area contributed by atoms with E-state index in [1.165, 1.54) is 44.9 Å². The summed E-state index contributed by atoms with van der Waals surface area (Å²) in [5, 5.41) is 8.76. The predicted molar refractivity (Wildman–Crippen MR) is 190 cm³/mol. The molecule has 0 radical (unpaired) electrons. The Labute approximate surface area is 272 Å². The van der Waals surface area contributed by atoms with Crippen molar-refractivity contribution in [1.82, 2.24) is 0 Å². The second-order valence-corrected chi connectivity index (χ2v) is 12.0. The van der Waals surface area contributed by atoms with Crippen LogP contribution in [0.3, 0.4) is 0 Å². The Bertz CT molecular complexity index is 789. The van der Waals surface area contributed by atoms with Crippen LogP contribution in [0.25, 0.3) is 0 Å². The van der Waals surface area contributed by atoms with E-state index < -0.39 is 5.97 Å². The molecule has 44 heavy (non-hydrogen) atoms. The van der Waals surface area contributed by atoms with Crippen molar-refractivity contribution in [3.8, 4) is 0 Å². The summed E-state index contributed by atoms with van der Waals surface area (Å²) in [6.45, 7) is 4.41. The first-order chi connectivity index (χ1) is 21.6. The van der Waals surface area contributed by atoms with Crippen LogP contribution in [0.15, 0.2) is 60.8 Å². The summed E-state index contributed by atoms with van der Waals surface area (Å²) in [6, 6.07) is 0. The molecule has 0 amide bonds. The smallest absolute Gasteiger partial charge is 0.306 e. The summed E-state index contributed by atoms with van der Waals surface area (Å²) in [5.74, 6) is -0.746. The molecule has 0 aromatic heterocycles. The van der Waals surface area contributed by atoms with Gasteiger partial charge in [0.25, 0.3) is 0 Å². The van der Waals surface area contributed by atoms with Crippen molar-refractivity contribution >= 4 is 11.9 Å². The van der Waals surface area contributed by atoms with Crippen molar-refractivity contribution in [3.05, 3.63) is 60.8 Å². The number of allylic oxidation sites excluding steroid dienone is 10. The summed E-state index contributed by atoms with van der Waals surface area (Å²) in [7, 11) is 0. The number of esters is 1. The summed E-state index contributed by atoms with van der Waals surface area (Å²) in [5.41, 5.74) is 0. The lowest BCUT2D eigenvalue weighted by Crippen LogP contribution is -2.18. The van der Waals surface area contributed by atoms with Gasteiger partial charge in [-0.1, -0.05) is 145 Å². The number of hydrogen-bond acceptors (Lipinski definition) is 3. The van der Waals surface area contributed by atoms with E-state index >= 15 is 0 Å². The number of carboxylic acids is 1. The van der Waals surface area contributed by atoms with Crippen LogP contribution in [-0.4, -0.2) is 23.1 Å². The molecule has 0 fully saturated rings. The van der Waals surface area contributed by atoms with Crippen LogP contribution in [0.4, 0.5) is 0 Å². The maximum Gasteiger partial charge on any atom is 0.306 e.